The topological polar surface area (TPSA) is 55.6 Å². The summed E-state index contributed by atoms with van der Waals surface area (Å²) in [6.07, 6.45) is 1.46. The molecule has 0 fully saturated rings. The molecule has 2 N–H and O–H groups in total. The summed E-state index contributed by atoms with van der Waals surface area (Å²) in [6, 6.07) is 3.61. The van der Waals surface area contributed by atoms with Crippen molar-refractivity contribution < 1.29 is 13.9 Å². The van der Waals surface area contributed by atoms with E-state index in [4.69, 9.17) is 22.1 Å². The van der Waals surface area contributed by atoms with Gasteiger partial charge >= 0.3 is 0 Å². The fourth-order valence-corrected chi connectivity index (χ4v) is 2.22. The standard InChI is InChI=1S/C15H22ClFN2O2/c1-3-4-14(18)15(20)19(7-8-21-2)10-11-5-6-12(17)9-13(11)16/h5-6,9,14H,3-4,7-8,10,18H2,1-2H3. The molecule has 1 unspecified atom stereocenters. The monoisotopic (exact) mass is 316 g/mol. The van der Waals surface area contributed by atoms with Crippen molar-refractivity contribution in [2.45, 2.75) is 32.4 Å². The highest BCUT2D eigenvalue weighted by Crippen LogP contribution is 2.19. The number of rotatable bonds is 8. The number of carbonyl (C=O) groups is 1. The number of halogens is 2. The predicted octanol–water partition coefficient (Wildman–Crippen LogP) is 2.58. The van der Waals surface area contributed by atoms with Crippen molar-refractivity contribution in [3.05, 3.63) is 34.6 Å². The van der Waals surface area contributed by atoms with Crippen molar-refractivity contribution in [3.8, 4) is 0 Å². The molecule has 1 aromatic carbocycles. The molecule has 1 rings (SSSR count). The third-order valence-electron chi connectivity index (χ3n) is 3.17. The van der Waals surface area contributed by atoms with Crippen LogP contribution in [0.4, 0.5) is 4.39 Å². The zero-order valence-corrected chi connectivity index (χ0v) is 13.2. The van der Waals surface area contributed by atoms with E-state index in [0.717, 1.165) is 6.42 Å². The smallest absolute Gasteiger partial charge is 0.239 e. The molecular formula is C15H22ClFN2O2. The van der Waals surface area contributed by atoms with Gasteiger partial charge in [-0.3, -0.25) is 4.79 Å². The van der Waals surface area contributed by atoms with Gasteiger partial charge in [-0.1, -0.05) is 31.0 Å². The molecule has 0 radical (unpaired) electrons. The molecule has 4 nitrogen and oxygen atoms in total. The third kappa shape index (κ3) is 5.61. The van der Waals surface area contributed by atoms with Crippen LogP contribution in [0, 0.1) is 5.82 Å². The number of carbonyl (C=O) groups excluding carboxylic acids is 1. The molecule has 0 saturated heterocycles. The number of nitrogens with two attached hydrogens (primary N) is 1. The Bertz CT molecular complexity index is 471. The lowest BCUT2D eigenvalue weighted by Gasteiger charge is -2.26. The van der Waals surface area contributed by atoms with Crippen LogP contribution >= 0.6 is 11.6 Å². The van der Waals surface area contributed by atoms with Gasteiger partial charge in [0.15, 0.2) is 0 Å². The molecule has 21 heavy (non-hydrogen) atoms. The summed E-state index contributed by atoms with van der Waals surface area (Å²) in [6.45, 7) is 3.09. The van der Waals surface area contributed by atoms with Crippen molar-refractivity contribution in [1.29, 1.82) is 0 Å². The highest BCUT2D eigenvalue weighted by atomic mass is 35.5. The second-order valence-corrected chi connectivity index (χ2v) is 5.29. The van der Waals surface area contributed by atoms with Crippen LogP contribution in [0.1, 0.15) is 25.3 Å². The number of ether oxygens (including phenoxy) is 1. The van der Waals surface area contributed by atoms with Crippen LogP contribution in [0.15, 0.2) is 18.2 Å². The summed E-state index contributed by atoms with van der Waals surface area (Å²) in [5, 5.41) is 0.300. The molecular weight excluding hydrogens is 295 g/mol. The average molecular weight is 317 g/mol. The van der Waals surface area contributed by atoms with Crippen molar-refractivity contribution in [2.24, 2.45) is 5.73 Å². The quantitative estimate of drug-likeness (QED) is 0.802. The number of hydrogen-bond acceptors (Lipinski definition) is 3. The Morgan fingerprint density at radius 3 is 2.81 bits per heavy atom. The molecule has 6 heteroatoms. The number of nitrogens with zero attached hydrogens (tertiary/aromatic N) is 1. The first-order valence-corrected chi connectivity index (χ1v) is 7.34. The van der Waals surface area contributed by atoms with Gasteiger partial charge in [-0.2, -0.15) is 0 Å². The first-order valence-electron chi connectivity index (χ1n) is 6.96. The lowest BCUT2D eigenvalue weighted by atomic mass is 10.1. The molecule has 0 bridgehead atoms. The summed E-state index contributed by atoms with van der Waals surface area (Å²) in [5.41, 5.74) is 6.58. The van der Waals surface area contributed by atoms with Crippen LogP contribution in [-0.2, 0) is 16.1 Å². The zero-order chi connectivity index (χ0) is 15.8. The molecule has 0 heterocycles. The summed E-state index contributed by atoms with van der Waals surface area (Å²) in [7, 11) is 1.57. The molecule has 0 aliphatic carbocycles. The van der Waals surface area contributed by atoms with Gasteiger partial charge in [0.2, 0.25) is 5.91 Å². The maximum atomic E-state index is 13.1. The van der Waals surface area contributed by atoms with Crippen LogP contribution in [0.3, 0.4) is 0 Å². The first-order chi connectivity index (χ1) is 9.99. The van der Waals surface area contributed by atoms with E-state index in [1.807, 2.05) is 6.92 Å². The van der Waals surface area contributed by atoms with E-state index in [-0.39, 0.29) is 5.91 Å². The highest BCUT2D eigenvalue weighted by Gasteiger charge is 2.21. The van der Waals surface area contributed by atoms with E-state index in [9.17, 15) is 9.18 Å². The number of benzene rings is 1. The number of hydrogen-bond donors (Lipinski definition) is 1. The SMILES string of the molecule is CCCC(N)C(=O)N(CCOC)Cc1ccc(F)cc1Cl. The first kappa shape index (κ1) is 17.9. The van der Waals surface area contributed by atoms with Crippen molar-refractivity contribution >= 4 is 17.5 Å². The summed E-state index contributed by atoms with van der Waals surface area (Å²) in [4.78, 5) is 13.9. The van der Waals surface area contributed by atoms with Gasteiger partial charge in [0.1, 0.15) is 5.82 Å². The normalized spacial score (nSPS) is 12.2. The fraction of sp³-hybridized carbons (Fsp3) is 0.533. The average Bonchev–Trinajstić information content (AvgIpc) is 2.45. The second kappa shape index (κ2) is 8.97. The van der Waals surface area contributed by atoms with E-state index < -0.39 is 11.9 Å². The minimum absolute atomic E-state index is 0.144. The van der Waals surface area contributed by atoms with Crippen LogP contribution in [0.5, 0.6) is 0 Å². The molecule has 0 aliphatic heterocycles. The zero-order valence-electron chi connectivity index (χ0n) is 12.4. The number of amides is 1. The molecule has 0 aromatic heterocycles. The van der Waals surface area contributed by atoms with E-state index in [1.54, 1.807) is 18.1 Å². The van der Waals surface area contributed by atoms with Crippen LogP contribution in [0.2, 0.25) is 5.02 Å². The Labute approximate surface area is 130 Å². The Morgan fingerprint density at radius 2 is 2.24 bits per heavy atom. The van der Waals surface area contributed by atoms with Crippen LogP contribution in [0.25, 0.3) is 0 Å². The Hall–Kier alpha value is -1.17. The molecule has 1 atom stereocenters. The number of methoxy groups -OCH3 is 1. The molecule has 0 saturated carbocycles. The molecule has 1 aromatic rings. The lowest BCUT2D eigenvalue weighted by molar-refractivity contribution is -0.134. The van der Waals surface area contributed by atoms with Gasteiger partial charge in [-0.25, -0.2) is 4.39 Å². The summed E-state index contributed by atoms with van der Waals surface area (Å²) >= 11 is 6.01. The third-order valence-corrected chi connectivity index (χ3v) is 3.52. The van der Waals surface area contributed by atoms with Gasteiger partial charge in [0.25, 0.3) is 0 Å². The molecule has 0 aliphatic rings. The minimum atomic E-state index is -0.536. The van der Waals surface area contributed by atoms with Gasteiger partial charge < -0.3 is 15.4 Å². The van der Waals surface area contributed by atoms with E-state index in [0.29, 0.717) is 36.7 Å². The van der Waals surface area contributed by atoms with Gasteiger partial charge in [0.05, 0.1) is 12.6 Å². The molecule has 0 spiro atoms. The maximum absolute atomic E-state index is 13.1. The molecule has 118 valence electrons. The summed E-state index contributed by atoms with van der Waals surface area (Å²) < 4.78 is 18.1. The van der Waals surface area contributed by atoms with Crippen molar-refractivity contribution in [2.75, 3.05) is 20.3 Å². The van der Waals surface area contributed by atoms with Crippen LogP contribution in [-0.4, -0.2) is 37.1 Å². The van der Waals surface area contributed by atoms with E-state index >= 15 is 0 Å². The second-order valence-electron chi connectivity index (χ2n) is 4.88. The van der Waals surface area contributed by atoms with Crippen LogP contribution < -0.4 is 5.73 Å². The van der Waals surface area contributed by atoms with Gasteiger partial charge in [-0.15, -0.1) is 0 Å². The van der Waals surface area contributed by atoms with E-state index in [1.165, 1.54) is 12.1 Å². The Kier molecular flexibility index (Phi) is 7.64. The van der Waals surface area contributed by atoms with Crippen molar-refractivity contribution in [1.82, 2.24) is 4.90 Å². The minimum Gasteiger partial charge on any atom is -0.383 e. The van der Waals surface area contributed by atoms with E-state index in [2.05, 4.69) is 0 Å². The van der Waals surface area contributed by atoms with Crippen molar-refractivity contribution in [3.63, 3.8) is 0 Å². The predicted molar refractivity (Wildman–Crippen MR) is 81.6 cm³/mol. The largest absolute Gasteiger partial charge is 0.383 e. The Morgan fingerprint density at radius 1 is 1.52 bits per heavy atom. The maximum Gasteiger partial charge on any atom is 0.239 e. The van der Waals surface area contributed by atoms with Gasteiger partial charge in [0, 0.05) is 25.2 Å². The lowest BCUT2D eigenvalue weighted by Crippen LogP contribution is -2.44. The summed E-state index contributed by atoms with van der Waals surface area (Å²) in [5.74, 6) is -0.546. The van der Waals surface area contributed by atoms with Gasteiger partial charge in [-0.05, 0) is 24.1 Å². The fourth-order valence-electron chi connectivity index (χ4n) is 1.99. The Balaban J connectivity index is 2.84. The highest BCUT2D eigenvalue weighted by molar-refractivity contribution is 6.31. The molecule has 1 amide bonds.